The topological polar surface area (TPSA) is 0 Å². The van der Waals surface area contributed by atoms with Gasteiger partial charge in [0, 0.05) is 0 Å². The van der Waals surface area contributed by atoms with Crippen LogP contribution in [0, 0.1) is 20.8 Å². The third-order valence-corrected chi connectivity index (χ3v) is 6.43. The van der Waals surface area contributed by atoms with Gasteiger partial charge >= 0.3 is 0 Å². The minimum Gasteiger partial charge on any atom is -0.0617 e. The molecule has 0 saturated heterocycles. The summed E-state index contributed by atoms with van der Waals surface area (Å²) < 4.78 is 0. The molecule has 0 heterocycles. The Morgan fingerprint density at radius 2 is 1.07 bits per heavy atom. The number of benzene rings is 3. The van der Waals surface area contributed by atoms with Gasteiger partial charge in [-0.3, -0.25) is 0 Å². The van der Waals surface area contributed by atoms with Crippen molar-refractivity contribution < 1.29 is 0 Å². The summed E-state index contributed by atoms with van der Waals surface area (Å²) in [5.41, 5.74) is 8.70. The summed E-state index contributed by atoms with van der Waals surface area (Å²) in [7, 11) is 0. The molecule has 2 fully saturated rings. The Kier molecular flexibility index (Phi) is 5.67. The van der Waals surface area contributed by atoms with E-state index in [1.807, 2.05) is 0 Å². The predicted molar refractivity (Wildman–Crippen MR) is 120 cm³/mol. The summed E-state index contributed by atoms with van der Waals surface area (Å²) in [4.78, 5) is 0. The van der Waals surface area contributed by atoms with Crippen LogP contribution in [0.3, 0.4) is 0 Å². The molecule has 0 aromatic heterocycles. The molecule has 144 valence electrons. The molecule has 0 radical (unpaired) electrons. The van der Waals surface area contributed by atoms with Gasteiger partial charge in [-0.2, -0.15) is 0 Å². The lowest BCUT2D eigenvalue weighted by Gasteiger charge is -2.26. The first kappa shape index (κ1) is 19.0. The average Bonchev–Trinajstić information content (AvgIpc) is 3.45. The van der Waals surface area contributed by atoms with Gasteiger partial charge in [0.15, 0.2) is 0 Å². The normalized spacial score (nSPS) is 20.7. The van der Waals surface area contributed by atoms with Crippen molar-refractivity contribution in [3.63, 3.8) is 0 Å². The fraction of sp³-hybridized carbons (Fsp3) is 0.357. The van der Waals surface area contributed by atoms with Crippen LogP contribution in [0.15, 0.2) is 72.8 Å². The van der Waals surface area contributed by atoms with E-state index < -0.39 is 0 Å². The average molecular weight is 369 g/mol. The Morgan fingerprint density at radius 3 is 1.61 bits per heavy atom. The third-order valence-electron chi connectivity index (χ3n) is 6.43. The number of hydrogen-bond donors (Lipinski definition) is 0. The molecule has 0 bridgehead atoms. The molecule has 2 atom stereocenters. The van der Waals surface area contributed by atoms with Gasteiger partial charge in [-0.25, -0.2) is 0 Å². The van der Waals surface area contributed by atoms with E-state index in [2.05, 4.69) is 93.6 Å². The highest BCUT2D eigenvalue weighted by Gasteiger charge is 2.39. The molecule has 0 heteroatoms. The van der Waals surface area contributed by atoms with Gasteiger partial charge in [0.05, 0.1) is 0 Å². The zero-order valence-electron chi connectivity index (χ0n) is 17.5. The summed E-state index contributed by atoms with van der Waals surface area (Å²) in [5.74, 6) is 2.37. The van der Waals surface area contributed by atoms with Gasteiger partial charge in [-0.1, -0.05) is 95.9 Å². The molecule has 0 nitrogen and oxygen atoms in total. The molecule has 2 aliphatic rings. The maximum atomic E-state index is 2.49. The molecule has 0 amide bonds. The lowest BCUT2D eigenvalue weighted by atomic mass is 9.79. The Balaban J connectivity index is 0.000000203. The van der Waals surface area contributed by atoms with Gasteiger partial charge in [-0.15, -0.1) is 0 Å². The van der Waals surface area contributed by atoms with E-state index in [-0.39, 0.29) is 0 Å². The first-order valence-corrected chi connectivity index (χ1v) is 10.8. The minimum atomic E-state index is 0.757. The van der Waals surface area contributed by atoms with Crippen molar-refractivity contribution in [1.29, 1.82) is 0 Å². The van der Waals surface area contributed by atoms with Gasteiger partial charge in [0.1, 0.15) is 0 Å². The summed E-state index contributed by atoms with van der Waals surface area (Å²) >= 11 is 0. The van der Waals surface area contributed by atoms with Crippen molar-refractivity contribution in [2.45, 2.75) is 64.2 Å². The highest BCUT2D eigenvalue weighted by molar-refractivity contribution is 5.39. The first-order valence-electron chi connectivity index (χ1n) is 10.8. The molecule has 3 aromatic rings. The summed E-state index contributed by atoms with van der Waals surface area (Å²) in [6, 6.07) is 27.0. The molecule has 0 aliphatic heterocycles. The molecule has 2 saturated carbocycles. The number of aryl methyl sites for hydroxylation is 3. The smallest absolute Gasteiger partial charge is 0.00867 e. The first-order chi connectivity index (χ1) is 13.6. The Bertz CT molecular complexity index is 877. The largest absolute Gasteiger partial charge is 0.0617 e. The molecular formula is C28H32. The van der Waals surface area contributed by atoms with Crippen molar-refractivity contribution >= 4 is 0 Å². The number of hydrogen-bond acceptors (Lipinski definition) is 0. The van der Waals surface area contributed by atoms with E-state index in [9.17, 15) is 0 Å². The van der Waals surface area contributed by atoms with Crippen LogP contribution in [-0.2, 0) is 0 Å². The number of rotatable bonds is 3. The zero-order chi connectivity index (χ0) is 19.5. The third kappa shape index (κ3) is 4.55. The standard InChI is InChI=1S/C20H22.C8H10/c1-14-8-10-16(11-9-14)19-13-20(19)18-7-3-6-17(12-18)15-4-2-5-15;1-7-3-5-8(2)6-4-7/h3,6-12,15,19-20H,2,4-5,13H2,1H3;3-6H,1-2H3. The Morgan fingerprint density at radius 1 is 0.571 bits per heavy atom. The predicted octanol–water partition coefficient (Wildman–Crippen LogP) is 7.84. The summed E-state index contributed by atoms with van der Waals surface area (Å²) in [6.45, 7) is 6.36. The molecule has 3 aromatic carbocycles. The zero-order valence-corrected chi connectivity index (χ0v) is 17.5. The maximum absolute atomic E-state index is 2.49. The molecule has 28 heavy (non-hydrogen) atoms. The summed E-state index contributed by atoms with van der Waals surface area (Å²) in [6.07, 6.45) is 5.55. The van der Waals surface area contributed by atoms with E-state index in [4.69, 9.17) is 0 Å². The second kappa shape index (κ2) is 8.35. The van der Waals surface area contributed by atoms with E-state index >= 15 is 0 Å². The molecular weight excluding hydrogens is 336 g/mol. The van der Waals surface area contributed by atoms with Crippen LogP contribution in [0.1, 0.15) is 76.8 Å². The SMILES string of the molecule is Cc1ccc(C)cc1.Cc1ccc(C2CC2c2cccc(C3CCC3)c2)cc1. The van der Waals surface area contributed by atoms with Crippen LogP contribution in [-0.4, -0.2) is 0 Å². The van der Waals surface area contributed by atoms with E-state index in [1.54, 1.807) is 11.1 Å². The summed E-state index contributed by atoms with van der Waals surface area (Å²) in [5, 5.41) is 0. The van der Waals surface area contributed by atoms with Crippen LogP contribution in [0.4, 0.5) is 0 Å². The lowest BCUT2D eigenvalue weighted by molar-refractivity contribution is 0.419. The van der Waals surface area contributed by atoms with Crippen LogP contribution < -0.4 is 0 Å². The quantitative estimate of drug-likeness (QED) is 0.442. The molecule has 0 N–H and O–H groups in total. The monoisotopic (exact) mass is 368 g/mol. The van der Waals surface area contributed by atoms with E-state index in [0.717, 1.165) is 17.8 Å². The second-order valence-corrected chi connectivity index (χ2v) is 8.81. The molecule has 2 aliphatic carbocycles. The van der Waals surface area contributed by atoms with E-state index in [0.29, 0.717) is 0 Å². The van der Waals surface area contributed by atoms with Crippen molar-refractivity contribution in [3.8, 4) is 0 Å². The van der Waals surface area contributed by atoms with Gasteiger partial charge in [-0.05, 0) is 74.5 Å². The fourth-order valence-corrected chi connectivity index (χ4v) is 4.17. The Labute approximate surface area is 170 Å². The van der Waals surface area contributed by atoms with Crippen molar-refractivity contribution in [1.82, 2.24) is 0 Å². The van der Waals surface area contributed by atoms with Gasteiger partial charge < -0.3 is 0 Å². The Hall–Kier alpha value is -2.34. The van der Waals surface area contributed by atoms with Crippen LogP contribution in [0.5, 0.6) is 0 Å². The molecule has 2 unspecified atom stereocenters. The fourth-order valence-electron chi connectivity index (χ4n) is 4.17. The second-order valence-electron chi connectivity index (χ2n) is 8.81. The van der Waals surface area contributed by atoms with Crippen LogP contribution >= 0.6 is 0 Å². The van der Waals surface area contributed by atoms with Gasteiger partial charge in [0.25, 0.3) is 0 Å². The van der Waals surface area contributed by atoms with Crippen LogP contribution in [0.25, 0.3) is 0 Å². The van der Waals surface area contributed by atoms with Gasteiger partial charge in [0.2, 0.25) is 0 Å². The molecule has 0 spiro atoms. The van der Waals surface area contributed by atoms with Crippen molar-refractivity contribution in [2.24, 2.45) is 0 Å². The highest BCUT2D eigenvalue weighted by Crippen LogP contribution is 2.55. The van der Waals surface area contributed by atoms with E-state index in [1.165, 1.54) is 47.9 Å². The molecule has 5 rings (SSSR count). The van der Waals surface area contributed by atoms with Crippen LogP contribution in [0.2, 0.25) is 0 Å². The van der Waals surface area contributed by atoms with Crippen molar-refractivity contribution in [3.05, 3.63) is 106 Å². The lowest BCUT2D eigenvalue weighted by Crippen LogP contribution is -2.08. The maximum Gasteiger partial charge on any atom is -0.00867 e. The minimum absolute atomic E-state index is 0.757. The highest BCUT2D eigenvalue weighted by atomic mass is 14.4. The van der Waals surface area contributed by atoms with Crippen molar-refractivity contribution in [2.75, 3.05) is 0 Å².